The van der Waals surface area contributed by atoms with Crippen LogP contribution in [-0.4, -0.2) is 54.3 Å². The molecule has 2 aliphatic rings. The van der Waals surface area contributed by atoms with Gasteiger partial charge in [0.05, 0.1) is 26.2 Å². The normalized spacial score (nSPS) is 17.1. The number of halogens is 1. The topological polar surface area (TPSA) is 45.1 Å². The van der Waals surface area contributed by atoms with Crippen LogP contribution in [0.2, 0.25) is 0 Å². The number of hydrogen-bond acceptors (Lipinski definition) is 3. The van der Waals surface area contributed by atoms with Crippen molar-refractivity contribution in [2.24, 2.45) is 0 Å². The zero-order valence-electron chi connectivity index (χ0n) is 19.6. The van der Waals surface area contributed by atoms with Crippen molar-refractivity contribution in [2.45, 2.75) is 12.5 Å². The fraction of sp³-hybridized carbons (Fsp3) is 0.241. The van der Waals surface area contributed by atoms with Crippen LogP contribution in [0.25, 0.3) is 0 Å². The van der Waals surface area contributed by atoms with E-state index in [0.29, 0.717) is 31.8 Å². The van der Waals surface area contributed by atoms with Crippen molar-refractivity contribution in [1.82, 2.24) is 9.80 Å². The van der Waals surface area contributed by atoms with Crippen molar-refractivity contribution < 1.29 is 14.5 Å². The van der Waals surface area contributed by atoms with Crippen molar-refractivity contribution >= 4 is 23.4 Å². The maximum Gasteiger partial charge on any atom is 0.278 e. The average Bonchev–Trinajstić information content (AvgIpc) is 3.12. The smallest absolute Gasteiger partial charge is 0.278 e. The summed E-state index contributed by atoms with van der Waals surface area (Å²) >= 11 is 6.44. The SMILES string of the molecule is O=C1C(Cl)=C(N2CC[NH+](C(c3ccccc3)c3ccccc3)CC2)C(=O)N1CCc1ccccc1. The van der Waals surface area contributed by atoms with E-state index < -0.39 is 0 Å². The molecule has 5 rings (SSSR count). The molecule has 5 nitrogen and oxygen atoms in total. The van der Waals surface area contributed by atoms with Gasteiger partial charge in [0.25, 0.3) is 11.8 Å². The monoisotopic (exact) mass is 486 g/mol. The molecule has 0 radical (unpaired) electrons. The molecule has 178 valence electrons. The molecule has 1 fully saturated rings. The van der Waals surface area contributed by atoms with Crippen molar-refractivity contribution in [3.8, 4) is 0 Å². The number of hydrogen-bond donors (Lipinski definition) is 1. The first-order chi connectivity index (χ1) is 17.1. The first-order valence-electron chi connectivity index (χ1n) is 12.1. The molecule has 1 N–H and O–H groups in total. The molecular formula is C29H29ClN3O2+. The standard InChI is InChI=1S/C29H28ClN3O2/c30-25-27(29(35)33(28(25)34)17-16-22-10-4-1-5-11-22)32-20-18-31(19-21-32)26(23-12-6-2-7-13-23)24-14-8-3-9-15-24/h1-15,26H,16-21H2/p+1. The van der Waals surface area contributed by atoms with Gasteiger partial charge in [0.1, 0.15) is 16.8 Å². The molecule has 0 aliphatic carbocycles. The fourth-order valence-corrected chi connectivity index (χ4v) is 5.46. The Labute approximate surface area is 211 Å². The van der Waals surface area contributed by atoms with E-state index in [2.05, 4.69) is 48.5 Å². The Kier molecular flexibility index (Phi) is 6.98. The quantitative estimate of drug-likeness (QED) is 0.522. The number of imide groups is 1. The van der Waals surface area contributed by atoms with Crippen LogP contribution in [0.5, 0.6) is 0 Å². The second-order valence-corrected chi connectivity index (χ2v) is 9.44. The van der Waals surface area contributed by atoms with Crippen molar-refractivity contribution in [3.05, 3.63) is 118 Å². The summed E-state index contributed by atoms with van der Waals surface area (Å²) in [5.41, 5.74) is 4.00. The minimum absolute atomic E-state index is 0.0502. The molecular weight excluding hydrogens is 458 g/mol. The summed E-state index contributed by atoms with van der Waals surface area (Å²) in [6, 6.07) is 31.2. The van der Waals surface area contributed by atoms with Crippen molar-refractivity contribution in [1.29, 1.82) is 0 Å². The molecule has 0 atom stereocenters. The molecule has 0 aromatic heterocycles. The number of nitrogens with zero attached hydrogens (tertiary/aromatic N) is 2. The van der Waals surface area contributed by atoms with Crippen LogP contribution in [-0.2, 0) is 16.0 Å². The maximum atomic E-state index is 13.2. The second kappa shape index (κ2) is 10.5. The molecule has 2 aliphatic heterocycles. The van der Waals surface area contributed by atoms with Gasteiger partial charge >= 0.3 is 0 Å². The number of piperazine rings is 1. The first-order valence-corrected chi connectivity index (χ1v) is 12.5. The summed E-state index contributed by atoms with van der Waals surface area (Å²) in [4.78, 5) is 30.8. The highest BCUT2D eigenvalue weighted by Crippen LogP contribution is 2.27. The number of amides is 2. The minimum Gasteiger partial charge on any atom is -0.354 e. The first kappa shape index (κ1) is 23.3. The van der Waals surface area contributed by atoms with Gasteiger partial charge in [-0.25, -0.2) is 0 Å². The highest BCUT2D eigenvalue weighted by molar-refractivity contribution is 6.47. The largest absolute Gasteiger partial charge is 0.354 e. The van der Waals surface area contributed by atoms with E-state index in [0.717, 1.165) is 18.7 Å². The van der Waals surface area contributed by atoms with Gasteiger partial charge in [-0.3, -0.25) is 14.5 Å². The van der Waals surface area contributed by atoms with Crippen LogP contribution in [0.3, 0.4) is 0 Å². The highest BCUT2D eigenvalue weighted by Gasteiger charge is 2.42. The lowest BCUT2D eigenvalue weighted by Crippen LogP contribution is -3.15. The maximum absolute atomic E-state index is 13.2. The molecule has 2 heterocycles. The lowest BCUT2D eigenvalue weighted by Gasteiger charge is -2.38. The van der Waals surface area contributed by atoms with Crippen molar-refractivity contribution in [3.63, 3.8) is 0 Å². The summed E-state index contributed by atoms with van der Waals surface area (Å²) in [6.07, 6.45) is 0.615. The van der Waals surface area contributed by atoms with Gasteiger partial charge < -0.3 is 9.80 Å². The van der Waals surface area contributed by atoms with E-state index in [1.54, 1.807) is 0 Å². The number of benzene rings is 3. The molecule has 6 heteroatoms. The van der Waals surface area contributed by atoms with E-state index in [4.69, 9.17) is 11.6 Å². The Morgan fingerprint density at radius 1 is 0.743 bits per heavy atom. The fourth-order valence-electron chi connectivity index (χ4n) is 5.16. The zero-order valence-corrected chi connectivity index (χ0v) is 20.3. The van der Waals surface area contributed by atoms with E-state index in [9.17, 15) is 9.59 Å². The number of nitrogens with one attached hydrogen (secondary N) is 1. The third-order valence-corrected chi connectivity index (χ3v) is 7.29. The molecule has 1 saturated heterocycles. The Morgan fingerprint density at radius 3 is 1.80 bits per heavy atom. The van der Waals surface area contributed by atoms with Crippen LogP contribution >= 0.6 is 11.6 Å². The van der Waals surface area contributed by atoms with E-state index in [1.165, 1.54) is 20.9 Å². The number of carbonyl (C=O) groups is 2. The second-order valence-electron chi connectivity index (χ2n) is 9.06. The molecule has 2 amide bonds. The Balaban J connectivity index is 1.28. The lowest BCUT2D eigenvalue weighted by molar-refractivity contribution is -0.929. The van der Waals surface area contributed by atoms with E-state index in [-0.39, 0.29) is 22.9 Å². The molecule has 0 unspecified atom stereocenters. The van der Waals surface area contributed by atoms with Crippen LogP contribution in [0.1, 0.15) is 22.7 Å². The van der Waals surface area contributed by atoms with Gasteiger partial charge in [0.15, 0.2) is 0 Å². The Morgan fingerprint density at radius 2 is 1.26 bits per heavy atom. The molecule has 0 spiro atoms. The molecule has 0 bridgehead atoms. The summed E-state index contributed by atoms with van der Waals surface area (Å²) in [6.45, 7) is 3.35. The summed E-state index contributed by atoms with van der Waals surface area (Å²) < 4.78 is 0. The van der Waals surface area contributed by atoms with Gasteiger partial charge in [-0.15, -0.1) is 0 Å². The summed E-state index contributed by atoms with van der Waals surface area (Å²) in [5, 5.41) is 0.0502. The minimum atomic E-state index is -0.385. The number of rotatable bonds is 7. The predicted molar refractivity (Wildman–Crippen MR) is 137 cm³/mol. The van der Waals surface area contributed by atoms with E-state index in [1.807, 2.05) is 47.4 Å². The third kappa shape index (κ3) is 4.88. The van der Waals surface area contributed by atoms with Crippen LogP contribution in [0, 0.1) is 0 Å². The Hall–Kier alpha value is -3.41. The van der Waals surface area contributed by atoms with Crippen molar-refractivity contribution in [2.75, 3.05) is 32.7 Å². The molecule has 3 aromatic carbocycles. The van der Waals surface area contributed by atoms with Crippen LogP contribution in [0.4, 0.5) is 0 Å². The Bertz CT molecular complexity index is 1170. The van der Waals surface area contributed by atoms with Gasteiger partial charge in [0.2, 0.25) is 0 Å². The predicted octanol–water partition coefficient (Wildman–Crippen LogP) is 3.04. The van der Waals surface area contributed by atoms with Gasteiger partial charge in [-0.1, -0.05) is 103 Å². The highest BCUT2D eigenvalue weighted by atomic mass is 35.5. The van der Waals surface area contributed by atoms with E-state index >= 15 is 0 Å². The van der Waals surface area contributed by atoms with Gasteiger partial charge in [0, 0.05) is 17.7 Å². The van der Waals surface area contributed by atoms with Crippen LogP contribution < -0.4 is 4.90 Å². The molecule has 35 heavy (non-hydrogen) atoms. The zero-order chi connectivity index (χ0) is 24.2. The molecule has 0 saturated carbocycles. The molecule has 3 aromatic rings. The van der Waals surface area contributed by atoms with Crippen LogP contribution in [0.15, 0.2) is 102 Å². The third-order valence-electron chi connectivity index (χ3n) is 6.95. The summed E-state index contributed by atoms with van der Waals surface area (Å²) in [5.74, 6) is -0.661. The number of quaternary nitrogens is 1. The summed E-state index contributed by atoms with van der Waals surface area (Å²) in [7, 11) is 0. The lowest BCUT2D eigenvalue weighted by atomic mass is 9.96. The van der Waals surface area contributed by atoms with Gasteiger partial charge in [-0.05, 0) is 12.0 Å². The number of carbonyl (C=O) groups excluding carboxylic acids is 2. The van der Waals surface area contributed by atoms with Gasteiger partial charge in [-0.2, -0.15) is 0 Å². The average molecular weight is 487 g/mol.